The van der Waals surface area contributed by atoms with E-state index in [4.69, 9.17) is 4.74 Å². The zero-order chi connectivity index (χ0) is 21.5. The van der Waals surface area contributed by atoms with E-state index in [1.807, 2.05) is 55.1 Å². The second-order valence-electron chi connectivity index (χ2n) is 7.85. The van der Waals surface area contributed by atoms with Crippen molar-refractivity contribution >= 4 is 11.8 Å². The maximum atomic E-state index is 13.0. The zero-order valence-electron chi connectivity index (χ0n) is 18.2. The summed E-state index contributed by atoms with van der Waals surface area (Å²) < 4.78 is 5.55. The van der Waals surface area contributed by atoms with Gasteiger partial charge in [0.25, 0.3) is 0 Å². The van der Waals surface area contributed by atoms with Crippen molar-refractivity contribution in [1.82, 2.24) is 10.2 Å². The highest BCUT2D eigenvalue weighted by Crippen LogP contribution is 2.33. The summed E-state index contributed by atoms with van der Waals surface area (Å²) in [6.45, 7) is 5.64. The minimum Gasteiger partial charge on any atom is -0.496 e. The molecule has 1 heterocycles. The number of hydrogen-bond donors (Lipinski definition) is 1. The van der Waals surface area contributed by atoms with Gasteiger partial charge in [-0.05, 0) is 36.5 Å². The number of carbonyl (C=O) groups excluding carboxylic acids is 2. The third-order valence-electron chi connectivity index (χ3n) is 6.02. The molecule has 1 fully saturated rings. The molecule has 3 rings (SSSR count). The fourth-order valence-corrected chi connectivity index (χ4v) is 4.25. The fourth-order valence-electron chi connectivity index (χ4n) is 4.25. The van der Waals surface area contributed by atoms with Crippen LogP contribution in [0.2, 0.25) is 0 Å². The van der Waals surface area contributed by atoms with Crippen LogP contribution in [0.4, 0.5) is 0 Å². The van der Waals surface area contributed by atoms with Crippen molar-refractivity contribution in [3.05, 3.63) is 54.1 Å². The molecule has 1 atom stereocenters. The molecule has 0 unspecified atom stereocenters. The monoisotopic (exact) mass is 408 g/mol. The van der Waals surface area contributed by atoms with E-state index in [0.29, 0.717) is 26.1 Å². The normalized spacial score (nSPS) is 16.9. The van der Waals surface area contributed by atoms with E-state index < -0.39 is 0 Å². The number of ether oxygens (including phenoxy) is 1. The molecule has 30 heavy (non-hydrogen) atoms. The summed E-state index contributed by atoms with van der Waals surface area (Å²) in [6.07, 6.45) is 2.23. The van der Waals surface area contributed by atoms with E-state index in [2.05, 4.69) is 17.4 Å². The Kier molecular flexibility index (Phi) is 7.50. The highest BCUT2D eigenvalue weighted by Gasteiger charge is 2.30. The lowest BCUT2D eigenvalue weighted by atomic mass is 9.91. The Balaban J connectivity index is 1.87. The molecule has 5 nitrogen and oxygen atoms in total. The molecule has 1 saturated heterocycles. The summed E-state index contributed by atoms with van der Waals surface area (Å²) >= 11 is 0. The lowest BCUT2D eigenvalue weighted by molar-refractivity contribution is -0.136. The van der Waals surface area contributed by atoms with Crippen LogP contribution in [0.3, 0.4) is 0 Å². The smallest absolute Gasteiger partial charge is 0.225 e. The summed E-state index contributed by atoms with van der Waals surface area (Å²) in [6, 6.07) is 16.0. The zero-order valence-corrected chi connectivity index (χ0v) is 18.2. The van der Waals surface area contributed by atoms with Crippen LogP contribution in [0, 0.1) is 11.8 Å². The third-order valence-corrected chi connectivity index (χ3v) is 6.02. The molecule has 5 heteroatoms. The second kappa shape index (κ2) is 10.3. The third kappa shape index (κ3) is 4.84. The number of amides is 2. The van der Waals surface area contributed by atoms with Crippen LogP contribution in [0.5, 0.6) is 5.75 Å². The highest BCUT2D eigenvalue weighted by atomic mass is 16.5. The Hall–Kier alpha value is -2.82. The maximum absolute atomic E-state index is 13.0. The first-order valence-corrected chi connectivity index (χ1v) is 10.9. The number of nitrogens with one attached hydrogen (secondary N) is 1. The van der Waals surface area contributed by atoms with Gasteiger partial charge in [0.2, 0.25) is 11.8 Å². The largest absolute Gasteiger partial charge is 0.496 e. The first-order chi connectivity index (χ1) is 14.6. The SMILES string of the molecule is CCC(CC)C(=O)N1CCNC(=O)[C@H](Cc2ccccc2-c2ccccc2OC)C1. The van der Waals surface area contributed by atoms with Crippen molar-refractivity contribution in [2.75, 3.05) is 26.7 Å². The van der Waals surface area contributed by atoms with Gasteiger partial charge >= 0.3 is 0 Å². The molecule has 1 aliphatic rings. The predicted molar refractivity (Wildman–Crippen MR) is 119 cm³/mol. The summed E-state index contributed by atoms with van der Waals surface area (Å²) in [7, 11) is 1.67. The van der Waals surface area contributed by atoms with Crippen LogP contribution in [0.25, 0.3) is 11.1 Å². The average Bonchev–Trinajstić information content (AvgIpc) is 2.96. The molecule has 0 aromatic heterocycles. The van der Waals surface area contributed by atoms with E-state index >= 15 is 0 Å². The van der Waals surface area contributed by atoms with Crippen molar-refractivity contribution in [2.45, 2.75) is 33.1 Å². The fraction of sp³-hybridized carbons (Fsp3) is 0.440. The number of rotatable bonds is 7. The first kappa shape index (κ1) is 21.9. The molecule has 2 amide bonds. The van der Waals surface area contributed by atoms with Gasteiger partial charge in [-0.1, -0.05) is 56.3 Å². The maximum Gasteiger partial charge on any atom is 0.225 e. The number of hydrogen-bond acceptors (Lipinski definition) is 3. The minimum atomic E-state index is -0.276. The number of nitrogens with zero attached hydrogens (tertiary/aromatic N) is 1. The molecule has 0 spiro atoms. The van der Waals surface area contributed by atoms with E-state index in [9.17, 15) is 9.59 Å². The van der Waals surface area contributed by atoms with Crippen LogP contribution in [0.15, 0.2) is 48.5 Å². The summed E-state index contributed by atoms with van der Waals surface area (Å²) in [5.41, 5.74) is 3.15. The molecule has 0 saturated carbocycles. The lowest BCUT2D eigenvalue weighted by Gasteiger charge is -2.27. The predicted octanol–water partition coefficient (Wildman–Crippen LogP) is 3.92. The molecular weight excluding hydrogens is 376 g/mol. The van der Waals surface area contributed by atoms with Crippen molar-refractivity contribution in [3.8, 4) is 16.9 Å². The van der Waals surface area contributed by atoms with Gasteiger partial charge in [-0.25, -0.2) is 0 Å². The summed E-state index contributed by atoms with van der Waals surface area (Å²) in [5, 5.41) is 3.00. The highest BCUT2D eigenvalue weighted by molar-refractivity contribution is 5.83. The van der Waals surface area contributed by atoms with Crippen molar-refractivity contribution < 1.29 is 14.3 Å². The van der Waals surface area contributed by atoms with Crippen molar-refractivity contribution in [2.24, 2.45) is 11.8 Å². The first-order valence-electron chi connectivity index (χ1n) is 10.9. The van der Waals surface area contributed by atoms with Crippen LogP contribution in [0.1, 0.15) is 32.3 Å². The van der Waals surface area contributed by atoms with Gasteiger partial charge in [0.15, 0.2) is 0 Å². The van der Waals surface area contributed by atoms with Crippen LogP contribution in [-0.2, 0) is 16.0 Å². The van der Waals surface area contributed by atoms with Crippen LogP contribution < -0.4 is 10.1 Å². The Morgan fingerprint density at radius 3 is 2.47 bits per heavy atom. The van der Waals surface area contributed by atoms with Gasteiger partial charge in [0.05, 0.1) is 13.0 Å². The molecule has 2 aromatic rings. The minimum absolute atomic E-state index is 0.0182. The average molecular weight is 409 g/mol. The van der Waals surface area contributed by atoms with E-state index in [0.717, 1.165) is 35.3 Å². The Morgan fingerprint density at radius 2 is 1.77 bits per heavy atom. The summed E-state index contributed by atoms with van der Waals surface area (Å²) in [4.78, 5) is 27.6. The van der Waals surface area contributed by atoms with Gasteiger partial charge in [0, 0.05) is 31.1 Å². The Bertz CT molecular complexity index is 876. The molecule has 2 aromatic carbocycles. The number of carbonyl (C=O) groups is 2. The number of methoxy groups -OCH3 is 1. The van der Waals surface area contributed by atoms with Gasteiger partial charge in [-0.15, -0.1) is 0 Å². The topological polar surface area (TPSA) is 58.6 Å². The quantitative estimate of drug-likeness (QED) is 0.756. The summed E-state index contributed by atoms with van der Waals surface area (Å²) in [5.74, 6) is 0.742. The van der Waals surface area contributed by atoms with Crippen LogP contribution >= 0.6 is 0 Å². The van der Waals surface area contributed by atoms with Crippen molar-refractivity contribution in [3.63, 3.8) is 0 Å². The molecule has 0 radical (unpaired) electrons. The van der Waals surface area contributed by atoms with E-state index in [-0.39, 0.29) is 23.7 Å². The molecule has 160 valence electrons. The second-order valence-corrected chi connectivity index (χ2v) is 7.85. The van der Waals surface area contributed by atoms with Gasteiger partial charge in [-0.3, -0.25) is 9.59 Å². The molecule has 0 bridgehead atoms. The molecular formula is C25H32N2O3. The molecule has 1 N–H and O–H groups in total. The number of benzene rings is 2. The van der Waals surface area contributed by atoms with Crippen LogP contribution in [-0.4, -0.2) is 43.5 Å². The van der Waals surface area contributed by atoms with Crippen molar-refractivity contribution in [1.29, 1.82) is 0 Å². The standard InChI is InChI=1S/C25H32N2O3/c1-4-18(5-2)25(29)27-15-14-26-24(28)20(17-27)16-19-10-6-7-11-21(19)22-12-8-9-13-23(22)30-3/h6-13,18,20H,4-5,14-17H2,1-3H3,(H,26,28)/t20-/m1/s1. The molecule has 0 aliphatic carbocycles. The molecule has 1 aliphatic heterocycles. The lowest BCUT2D eigenvalue weighted by Crippen LogP contribution is -2.40. The number of para-hydroxylation sites is 1. The Labute approximate surface area is 179 Å². The van der Waals surface area contributed by atoms with Gasteiger partial charge in [-0.2, -0.15) is 0 Å². The van der Waals surface area contributed by atoms with E-state index in [1.165, 1.54) is 0 Å². The van der Waals surface area contributed by atoms with Gasteiger partial charge in [0.1, 0.15) is 5.75 Å². The van der Waals surface area contributed by atoms with E-state index in [1.54, 1.807) is 7.11 Å². The Morgan fingerprint density at radius 1 is 1.10 bits per heavy atom. The van der Waals surface area contributed by atoms with Gasteiger partial charge < -0.3 is 15.0 Å².